The standard InChI is InChI=1S/C40H35F2N7O8/c1-22-34(36(54)45-25-10-4-9-24(20-25)40(2,41)42)39(57)49(47-22)27-11-3-7-23(19-27)8-6-18-43-31(50)12-5-13-32(51)44-26-14-15-28-29(21-26)38(56)48(37(28)55)30-16-17-33(52)46-35(30)53/h3-4,7,9-11,14-15,19-21,30,34H,5,12-13,16-18H2,1-2H3,(H,43,50)(H,44,51)(H,45,54)(H,46,52,53). The Morgan fingerprint density at radius 1 is 0.895 bits per heavy atom. The Morgan fingerprint density at radius 2 is 1.61 bits per heavy atom. The molecule has 3 aromatic rings. The number of imide groups is 2. The van der Waals surface area contributed by atoms with Crippen LogP contribution in [0.15, 0.2) is 71.8 Å². The molecule has 57 heavy (non-hydrogen) atoms. The Labute approximate surface area is 324 Å². The van der Waals surface area contributed by atoms with Crippen LogP contribution in [0.1, 0.15) is 77.8 Å². The summed E-state index contributed by atoms with van der Waals surface area (Å²) in [4.78, 5) is 102. The number of nitrogens with one attached hydrogen (secondary N) is 4. The third-order valence-electron chi connectivity index (χ3n) is 9.26. The molecule has 15 nitrogen and oxygen atoms in total. The molecule has 4 N–H and O–H groups in total. The molecule has 0 saturated carbocycles. The van der Waals surface area contributed by atoms with E-state index in [1.807, 2.05) is 0 Å². The van der Waals surface area contributed by atoms with Crippen molar-refractivity contribution in [2.24, 2.45) is 11.0 Å². The number of halogens is 2. The number of hydrogen-bond donors (Lipinski definition) is 4. The Kier molecular flexibility index (Phi) is 11.3. The maximum absolute atomic E-state index is 13.8. The summed E-state index contributed by atoms with van der Waals surface area (Å²) in [6.07, 6.45) is 0.199. The fourth-order valence-electron chi connectivity index (χ4n) is 6.41. The van der Waals surface area contributed by atoms with Gasteiger partial charge in [-0.2, -0.15) is 10.1 Å². The minimum atomic E-state index is -3.11. The fraction of sp³-hybridized carbons (Fsp3) is 0.275. The number of amides is 8. The average Bonchev–Trinajstić information content (AvgIpc) is 3.59. The molecule has 1 fully saturated rings. The predicted molar refractivity (Wildman–Crippen MR) is 201 cm³/mol. The van der Waals surface area contributed by atoms with Crippen LogP contribution in [0.4, 0.5) is 25.8 Å². The second-order valence-corrected chi connectivity index (χ2v) is 13.5. The number of piperidine rings is 1. The number of benzene rings is 3. The number of alkyl halides is 2. The molecule has 3 aromatic carbocycles. The van der Waals surface area contributed by atoms with Gasteiger partial charge in [-0.15, -0.1) is 0 Å². The van der Waals surface area contributed by atoms with E-state index < -0.39 is 59.2 Å². The van der Waals surface area contributed by atoms with E-state index in [-0.39, 0.29) is 78.3 Å². The van der Waals surface area contributed by atoms with E-state index in [4.69, 9.17) is 0 Å². The van der Waals surface area contributed by atoms with Gasteiger partial charge < -0.3 is 16.0 Å². The lowest BCUT2D eigenvalue weighted by molar-refractivity contribution is -0.136. The quantitative estimate of drug-likeness (QED) is 0.129. The van der Waals surface area contributed by atoms with Crippen molar-refractivity contribution in [3.63, 3.8) is 0 Å². The summed E-state index contributed by atoms with van der Waals surface area (Å²) < 4.78 is 27.5. The number of hydrogen-bond acceptors (Lipinski definition) is 9. The Balaban J connectivity index is 0.945. The SMILES string of the molecule is CC1=NN(c2cccc(C#CCNC(=O)CCCC(=O)Nc3ccc4c(c3)C(=O)N(C3CCC(=O)NC3=O)C4=O)c2)C(=O)C1C(=O)Nc1cccc(C(C)(F)F)c1. The topological polar surface area (TPSA) is 204 Å². The molecule has 292 valence electrons. The van der Waals surface area contributed by atoms with Crippen LogP contribution in [0.25, 0.3) is 0 Å². The number of carbonyl (C=O) groups excluding carboxylic acids is 8. The van der Waals surface area contributed by atoms with Gasteiger partial charge in [0.1, 0.15) is 6.04 Å². The Bertz CT molecular complexity index is 2330. The minimum absolute atomic E-state index is 0.00831. The van der Waals surface area contributed by atoms with E-state index in [0.717, 1.165) is 22.9 Å². The predicted octanol–water partition coefficient (Wildman–Crippen LogP) is 3.45. The van der Waals surface area contributed by atoms with Crippen LogP contribution in [-0.4, -0.2) is 70.5 Å². The van der Waals surface area contributed by atoms with Gasteiger partial charge in [0.2, 0.25) is 29.5 Å². The van der Waals surface area contributed by atoms with Crippen molar-refractivity contribution in [3.8, 4) is 11.8 Å². The van der Waals surface area contributed by atoms with E-state index >= 15 is 0 Å². The van der Waals surface area contributed by atoms with E-state index in [9.17, 15) is 47.1 Å². The van der Waals surface area contributed by atoms with Crippen LogP contribution >= 0.6 is 0 Å². The molecule has 0 bridgehead atoms. The van der Waals surface area contributed by atoms with Crippen molar-refractivity contribution in [1.29, 1.82) is 0 Å². The van der Waals surface area contributed by atoms with Crippen molar-refractivity contribution >= 4 is 70.0 Å². The lowest BCUT2D eigenvalue weighted by Crippen LogP contribution is -2.54. The molecule has 0 spiro atoms. The molecule has 0 radical (unpaired) electrons. The summed E-state index contributed by atoms with van der Waals surface area (Å²) in [7, 11) is 0. The highest BCUT2D eigenvalue weighted by Gasteiger charge is 2.45. The molecule has 3 aliphatic heterocycles. The van der Waals surface area contributed by atoms with Crippen LogP contribution in [-0.2, 0) is 34.7 Å². The van der Waals surface area contributed by atoms with Crippen molar-refractivity contribution in [3.05, 3.63) is 89.0 Å². The van der Waals surface area contributed by atoms with Crippen LogP contribution in [0.2, 0.25) is 0 Å². The maximum Gasteiger partial charge on any atom is 0.270 e. The first-order valence-electron chi connectivity index (χ1n) is 17.8. The lowest BCUT2D eigenvalue weighted by Gasteiger charge is -2.27. The van der Waals surface area contributed by atoms with Gasteiger partial charge >= 0.3 is 0 Å². The molecular weight excluding hydrogens is 744 g/mol. The largest absolute Gasteiger partial charge is 0.345 e. The van der Waals surface area contributed by atoms with Gasteiger partial charge in [-0.25, -0.2) is 8.78 Å². The fourth-order valence-corrected chi connectivity index (χ4v) is 6.41. The zero-order valence-corrected chi connectivity index (χ0v) is 30.6. The Hall–Kier alpha value is -7.09. The Morgan fingerprint density at radius 3 is 2.37 bits per heavy atom. The molecular formula is C40H35F2N7O8. The van der Waals surface area contributed by atoms with Gasteiger partial charge in [0.15, 0.2) is 5.92 Å². The van der Waals surface area contributed by atoms with E-state index in [0.29, 0.717) is 11.3 Å². The van der Waals surface area contributed by atoms with Crippen molar-refractivity contribution in [1.82, 2.24) is 15.5 Å². The highest BCUT2D eigenvalue weighted by atomic mass is 19.3. The molecule has 2 unspecified atom stereocenters. The third-order valence-corrected chi connectivity index (χ3v) is 9.26. The number of anilines is 3. The number of fused-ring (bicyclic) bond motifs is 1. The molecule has 6 rings (SSSR count). The maximum atomic E-state index is 13.8. The number of hydrazone groups is 1. The van der Waals surface area contributed by atoms with Crippen LogP contribution in [0.5, 0.6) is 0 Å². The summed E-state index contributed by atoms with van der Waals surface area (Å²) in [5, 5.41) is 15.3. The van der Waals surface area contributed by atoms with Crippen molar-refractivity contribution < 1.29 is 47.1 Å². The first-order chi connectivity index (χ1) is 27.1. The van der Waals surface area contributed by atoms with Crippen LogP contribution < -0.4 is 26.3 Å². The molecule has 1 saturated heterocycles. The van der Waals surface area contributed by atoms with Gasteiger partial charge in [0.05, 0.1) is 29.1 Å². The van der Waals surface area contributed by atoms with Gasteiger partial charge in [-0.1, -0.05) is 30.0 Å². The summed E-state index contributed by atoms with van der Waals surface area (Å²) in [6, 6.07) is 14.8. The summed E-state index contributed by atoms with van der Waals surface area (Å²) >= 11 is 0. The van der Waals surface area contributed by atoms with Gasteiger partial charge in [-0.3, -0.25) is 48.6 Å². The van der Waals surface area contributed by atoms with Crippen molar-refractivity contribution in [2.45, 2.75) is 57.9 Å². The third kappa shape index (κ3) is 8.91. The lowest BCUT2D eigenvalue weighted by atomic mass is 10.0. The van der Waals surface area contributed by atoms with Gasteiger partial charge in [0.25, 0.3) is 23.6 Å². The van der Waals surface area contributed by atoms with Gasteiger partial charge in [0, 0.05) is 48.7 Å². The highest BCUT2D eigenvalue weighted by Crippen LogP contribution is 2.31. The normalized spacial score (nSPS) is 17.7. The number of rotatable bonds is 11. The van der Waals surface area contributed by atoms with Crippen LogP contribution in [0.3, 0.4) is 0 Å². The summed E-state index contributed by atoms with van der Waals surface area (Å²) in [5.74, 6) is -3.40. The molecule has 3 heterocycles. The molecule has 0 aliphatic carbocycles. The minimum Gasteiger partial charge on any atom is -0.345 e. The molecule has 3 aliphatic rings. The number of nitrogens with zero attached hydrogens (tertiary/aromatic N) is 3. The second kappa shape index (κ2) is 16.3. The zero-order valence-electron chi connectivity index (χ0n) is 30.6. The second-order valence-electron chi connectivity index (χ2n) is 13.5. The molecule has 0 aromatic heterocycles. The molecule has 17 heteroatoms. The number of carbonyl (C=O) groups is 8. The van der Waals surface area contributed by atoms with Crippen LogP contribution in [0, 0.1) is 17.8 Å². The van der Waals surface area contributed by atoms with Gasteiger partial charge in [-0.05, 0) is 68.3 Å². The molecule has 2 atom stereocenters. The van der Waals surface area contributed by atoms with E-state index in [1.54, 1.807) is 24.3 Å². The first kappa shape index (κ1) is 39.6. The average molecular weight is 780 g/mol. The smallest absolute Gasteiger partial charge is 0.270 e. The molecule has 8 amide bonds. The highest BCUT2D eigenvalue weighted by molar-refractivity contribution is 6.29. The van der Waals surface area contributed by atoms with E-state index in [2.05, 4.69) is 38.2 Å². The summed E-state index contributed by atoms with van der Waals surface area (Å²) in [5.41, 5.74) is 1.21. The first-order valence-corrected chi connectivity index (χ1v) is 17.8. The van der Waals surface area contributed by atoms with Crippen molar-refractivity contribution in [2.75, 3.05) is 22.2 Å². The summed E-state index contributed by atoms with van der Waals surface area (Å²) in [6.45, 7) is 2.24. The zero-order chi connectivity index (χ0) is 41.0. The van der Waals surface area contributed by atoms with E-state index in [1.165, 1.54) is 43.3 Å². The monoisotopic (exact) mass is 779 g/mol.